The van der Waals surface area contributed by atoms with E-state index in [2.05, 4.69) is 10.1 Å². The minimum Gasteiger partial charge on any atom is -0.340 e. The molecule has 0 amide bonds. The largest absolute Gasteiger partial charge is 0.340 e. The van der Waals surface area contributed by atoms with Crippen molar-refractivity contribution >= 4 is 10.9 Å². The molecule has 0 N–H and O–H groups in total. The van der Waals surface area contributed by atoms with E-state index in [0.717, 1.165) is 16.7 Å². The van der Waals surface area contributed by atoms with Crippen molar-refractivity contribution in [1.29, 1.82) is 0 Å². The first-order valence-electron chi connectivity index (χ1n) is 5.31. The Bertz CT molecular complexity index is 668. The van der Waals surface area contributed by atoms with Gasteiger partial charge in [0, 0.05) is 24.1 Å². The lowest BCUT2D eigenvalue weighted by Crippen LogP contribution is -2.05. The summed E-state index contributed by atoms with van der Waals surface area (Å²) in [5.74, 6) is 0.653. The van der Waals surface area contributed by atoms with Crippen LogP contribution in [-0.2, 0) is 13.6 Å². The van der Waals surface area contributed by atoms with Gasteiger partial charge in [-0.05, 0) is 24.3 Å². The van der Waals surface area contributed by atoms with Gasteiger partial charge in [0.25, 0.3) is 0 Å². The second-order valence-electron chi connectivity index (χ2n) is 3.95. The van der Waals surface area contributed by atoms with Crippen LogP contribution in [0, 0.1) is 5.82 Å². The van der Waals surface area contributed by atoms with E-state index >= 15 is 0 Å². The number of hydrogen-bond acceptors (Lipinski definition) is 2. The topological polar surface area (TPSA) is 35.6 Å². The van der Waals surface area contributed by atoms with Crippen molar-refractivity contribution in [1.82, 2.24) is 19.3 Å². The van der Waals surface area contributed by atoms with Gasteiger partial charge in [-0.3, -0.25) is 4.68 Å². The number of hydrogen-bond donors (Lipinski definition) is 0. The van der Waals surface area contributed by atoms with Gasteiger partial charge in [-0.25, -0.2) is 9.37 Å². The van der Waals surface area contributed by atoms with Gasteiger partial charge in [0.15, 0.2) is 0 Å². The Morgan fingerprint density at radius 1 is 1.29 bits per heavy atom. The third-order valence-corrected chi connectivity index (χ3v) is 2.85. The molecule has 2 aromatic heterocycles. The molecule has 0 saturated heterocycles. The van der Waals surface area contributed by atoms with E-state index in [9.17, 15) is 4.39 Å². The molecule has 0 aliphatic carbocycles. The first kappa shape index (κ1) is 10.0. The maximum Gasteiger partial charge on any atom is 0.146 e. The Balaban J connectivity index is 2.04. The van der Waals surface area contributed by atoms with Crippen molar-refractivity contribution in [2.24, 2.45) is 7.05 Å². The fourth-order valence-corrected chi connectivity index (χ4v) is 1.92. The Labute approximate surface area is 97.3 Å². The maximum atomic E-state index is 13.1. The van der Waals surface area contributed by atoms with E-state index in [1.54, 1.807) is 10.7 Å². The average molecular weight is 230 g/mol. The zero-order chi connectivity index (χ0) is 11.8. The highest BCUT2D eigenvalue weighted by Gasteiger charge is 2.05. The summed E-state index contributed by atoms with van der Waals surface area (Å²) in [5.41, 5.74) is 0.995. The van der Waals surface area contributed by atoms with Crippen molar-refractivity contribution in [3.05, 3.63) is 48.4 Å². The first-order valence-corrected chi connectivity index (χ1v) is 5.31. The lowest BCUT2D eigenvalue weighted by molar-refractivity contribution is 0.629. The van der Waals surface area contributed by atoms with Gasteiger partial charge in [-0.1, -0.05) is 0 Å². The normalized spacial score (nSPS) is 11.2. The van der Waals surface area contributed by atoms with Gasteiger partial charge in [0.2, 0.25) is 0 Å². The van der Waals surface area contributed by atoms with E-state index in [1.807, 2.05) is 23.9 Å². The fraction of sp³-hybridized carbons (Fsp3) is 0.167. The van der Waals surface area contributed by atoms with Crippen LogP contribution < -0.4 is 0 Å². The highest BCUT2D eigenvalue weighted by atomic mass is 19.1. The smallest absolute Gasteiger partial charge is 0.146 e. The van der Waals surface area contributed by atoms with Crippen LogP contribution in [0.4, 0.5) is 4.39 Å². The molecule has 2 heterocycles. The van der Waals surface area contributed by atoms with Crippen LogP contribution in [0.5, 0.6) is 0 Å². The summed E-state index contributed by atoms with van der Waals surface area (Å²) in [6.07, 6.45) is 3.46. The van der Waals surface area contributed by atoms with Gasteiger partial charge in [-0.2, -0.15) is 5.10 Å². The molecule has 0 aliphatic rings. The molecule has 3 aromatic rings. The Morgan fingerprint density at radius 2 is 2.18 bits per heavy atom. The first-order chi connectivity index (χ1) is 8.24. The summed E-state index contributed by atoms with van der Waals surface area (Å²) in [4.78, 5) is 4.17. The molecule has 1 aromatic carbocycles. The molecule has 0 fully saturated rings. The third-order valence-electron chi connectivity index (χ3n) is 2.85. The van der Waals surface area contributed by atoms with Crippen molar-refractivity contribution in [3.8, 4) is 0 Å². The van der Waals surface area contributed by atoms with E-state index in [-0.39, 0.29) is 5.82 Å². The van der Waals surface area contributed by atoms with Crippen molar-refractivity contribution in [2.75, 3.05) is 0 Å². The van der Waals surface area contributed by atoms with Crippen LogP contribution in [0.2, 0.25) is 0 Å². The van der Waals surface area contributed by atoms with Gasteiger partial charge in [0.05, 0.1) is 6.54 Å². The summed E-state index contributed by atoms with van der Waals surface area (Å²) in [5, 5.41) is 4.92. The highest BCUT2D eigenvalue weighted by Crippen LogP contribution is 2.17. The van der Waals surface area contributed by atoms with Crippen LogP contribution in [0.1, 0.15) is 5.82 Å². The number of nitrogens with zero attached hydrogens (tertiary/aromatic N) is 4. The number of benzene rings is 1. The maximum absolute atomic E-state index is 13.1. The summed E-state index contributed by atoms with van der Waals surface area (Å²) < 4.78 is 16.8. The molecule has 3 rings (SSSR count). The van der Waals surface area contributed by atoms with Crippen LogP contribution in [0.15, 0.2) is 36.8 Å². The van der Waals surface area contributed by atoms with E-state index in [1.165, 1.54) is 18.5 Å². The second-order valence-corrected chi connectivity index (χ2v) is 3.95. The third kappa shape index (κ3) is 1.69. The van der Waals surface area contributed by atoms with Gasteiger partial charge >= 0.3 is 0 Å². The van der Waals surface area contributed by atoms with E-state index in [0.29, 0.717) is 6.54 Å². The van der Waals surface area contributed by atoms with E-state index in [4.69, 9.17) is 0 Å². The van der Waals surface area contributed by atoms with Crippen molar-refractivity contribution in [3.63, 3.8) is 0 Å². The molecule has 0 saturated carbocycles. The number of rotatable bonds is 2. The van der Waals surface area contributed by atoms with Crippen LogP contribution in [0.3, 0.4) is 0 Å². The average Bonchev–Trinajstić information content (AvgIpc) is 2.87. The van der Waals surface area contributed by atoms with Gasteiger partial charge < -0.3 is 4.57 Å². The minimum absolute atomic E-state index is 0.214. The Hall–Kier alpha value is -2.17. The van der Waals surface area contributed by atoms with Crippen molar-refractivity contribution < 1.29 is 4.39 Å². The quantitative estimate of drug-likeness (QED) is 0.674. The van der Waals surface area contributed by atoms with Crippen LogP contribution >= 0.6 is 0 Å². The molecular formula is C12H11FN4. The van der Waals surface area contributed by atoms with Crippen LogP contribution in [0.25, 0.3) is 10.9 Å². The standard InChI is InChI=1S/C12H11FN4/c1-16-12(14-8-15-16)7-17-5-4-9-6-10(13)2-3-11(9)17/h2-6,8H,7H2,1H3. The lowest BCUT2D eigenvalue weighted by atomic mass is 10.2. The summed E-state index contributed by atoms with van der Waals surface area (Å²) in [6, 6.07) is 6.67. The van der Waals surface area contributed by atoms with Gasteiger partial charge in [-0.15, -0.1) is 0 Å². The van der Waals surface area contributed by atoms with Crippen molar-refractivity contribution in [2.45, 2.75) is 6.54 Å². The fourth-order valence-electron chi connectivity index (χ4n) is 1.92. The zero-order valence-corrected chi connectivity index (χ0v) is 9.34. The summed E-state index contributed by atoms with van der Waals surface area (Å²) in [7, 11) is 1.85. The SMILES string of the molecule is Cn1ncnc1Cn1ccc2cc(F)ccc21. The molecule has 17 heavy (non-hydrogen) atoms. The molecule has 0 bridgehead atoms. The zero-order valence-electron chi connectivity index (χ0n) is 9.34. The van der Waals surface area contributed by atoms with Gasteiger partial charge in [0.1, 0.15) is 18.0 Å². The lowest BCUT2D eigenvalue weighted by Gasteiger charge is -2.04. The molecule has 4 nitrogen and oxygen atoms in total. The number of aryl methyl sites for hydroxylation is 1. The molecule has 5 heteroatoms. The molecule has 0 spiro atoms. The second kappa shape index (κ2) is 3.69. The van der Waals surface area contributed by atoms with E-state index < -0.39 is 0 Å². The summed E-state index contributed by atoms with van der Waals surface area (Å²) in [6.45, 7) is 0.631. The Morgan fingerprint density at radius 3 is 2.94 bits per heavy atom. The minimum atomic E-state index is -0.214. The Kier molecular flexibility index (Phi) is 2.18. The molecule has 0 atom stereocenters. The molecule has 0 unspecified atom stereocenters. The number of aromatic nitrogens is 4. The molecule has 0 aliphatic heterocycles. The highest BCUT2D eigenvalue weighted by molar-refractivity contribution is 5.80. The monoisotopic (exact) mass is 230 g/mol. The van der Waals surface area contributed by atoms with Crippen LogP contribution in [-0.4, -0.2) is 19.3 Å². The molecule has 0 radical (unpaired) electrons. The molecular weight excluding hydrogens is 219 g/mol. The predicted octanol–water partition coefficient (Wildman–Crippen LogP) is 1.96. The molecule has 86 valence electrons. The number of fused-ring (bicyclic) bond motifs is 1. The predicted molar refractivity (Wildman–Crippen MR) is 62.0 cm³/mol. The number of halogens is 1. The summed E-state index contributed by atoms with van der Waals surface area (Å²) >= 11 is 0.